The highest BCUT2D eigenvalue weighted by atomic mass is 31.2. The average Bonchev–Trinajstić information content (AvgIpc) is 3.08. The van der Waals surface area contributed by atoms with Crippen LogP contribution in [0, 0.1) is 0 Å². The van der Waals surface area contributed by atoms with Crippen molar-refractivity contribution in [1.29, 1.82) is 0 Å². The molecule has 0 bridgehead atoms. The molecule has 0 N–H and O–H groups in total. The van der Waals surface area contributed by atoms with Crippen LogP contribution >= 0.6 is 7.14 Å². The third-order valence-corrected chi connectivity index (χ3v) is 11.0. The van der Waals surface area contributed by atoms with Crippen LogP contribution in [0.3, 0.4) is 0 Å². The molecule has 0 heterocycles. The molecule has 0 aromatic heterocycles. The molecule has 0 saturated heterocycles. The lowest BCUT2D eigenvalue weighted by molar-refractivity contribution is 0.592. The molecular weight excluding hydrogens is 527 g/mol. The molecule has 7 aromatic rings. The van der Waals surface area contributed by atoms with Gasteiger partial charge in [0.05, 0.1) is 0 Å². The van der Waals surface area contributed by atoms with Crippen LogP contribution in [0.25, 0.3) is 33.2 Å². The molecule has 7 rings (SSSR count). The summed E-state index contributed by atoms with van der Waals surface area (Å²) < 4.78 is 14.9. The van der Waals surface area contributed by atoms with Gasteiger partial charge in [0.1, 0.15) is 0 Å². The van der Waals surface area contributed by atoms with Crippen LogP contribution in [0.5, 0.6) is 0 Å². The van der Waals surface area contributed by atoms with Gasteiger partial charge in [-0.25, -0.2) is 0 Å². The Labute approximate surface area is 246 Å². The van der Waals surface area contributed by atoms with Crippen LogP contribution in [0.4, 0.5) is 0 Å². The zero-order valence-corrected chi connectivity index (χ0v) is 24.0. The van der Waals surface area contributed by atoms with E-state index in [1.807, 2.05) is 78.9 Å². The molecule has 0 atom stereocenters. The first-order valence-corrected chi connectivity index (χ1v) is 15.9. The zero-order valence-electron chi connectivity index (χ0n) is 23.1. The van der Waals surface area contributed by atoms with E-state index in [1.54, 1.807) is 0 Å². The average molecular weight is 557 g/mol. The van der Waals surface area contributed by atoms with Gasteiger partial charge in [0.25, 0.3) is 0 Å². The van der Waals surface area contributed by atoms with E-state index in [0.29, 0.717) is 0 Å². The second kappa shape index (κ2) is 11.1. The van der Waals surface area contributed by atoms with Crippen molar-refractivity contribution in [3.63, 3.8) is 0 Å². The van der Waals surface area contributed by atoms with Gasteiger partial charge in [-0.05, 0) is 56.0 Å². The van der Waals surface area contributed by atoms with Gasteiger partial charge in [0, 0.05) is 15.9 Å². The summed E-state index contributed by atoms with van der Waals surface area (Å²) in [6.45, 7) is 0. The fourth-order valence-corrected chi connectivity index (χ4v) is 8.53. The number of benzene rings is 7. The fraction of sp³-hybridized carbons (Fsp3) is 0. The van der Waals surface area contributed by atoms with Crippen molar-refractivity contribution in [2.24, 2.45) is 0 Å². The van der Waals surface area contributed by atoms with E-state index < -0.39 is 7.14 Å². The predicted octanol–water partition coefficient (Wildman–Crippen LogP) is 9.22. The summed E-state index contributed by atoms with van der Waals surface area (Å²) in [7, 11) is -3.04. The number of hydrogen-bond donors (Lipinski definition) is 0. The first-order valence-electron chi connectivity index (χ1n) is 14.2. The van der Waals surface area contributed by atoms with Crippen LogP contribution in [0.2, 0.25) is 0 Å². The lowest BCUT2D eigenvalue weighted by atomic mass is 9.92. The standard InChI is InChI=1S/C40H29OP/c41-42(34-17-6-2-7-18-34,35-19-8-3-9-20-35)36-26-24-31(25-27-36)40(30-14-4-1-5-15-30)29-33-28-32-16-10-11-21-37(32)39-23-13-12-22-38(33)39/h1-29H/b40-29+. The molecule has 0 saturated carbocycles. The van der Waals surface area contributed by atoms with E-state index in [0.717, 1.165) is 32.6 Å². The lowest BCUT2D eigenvalue weighted by Crippen LogP contribution is -2.24. The zero-order chi connectivity index (χ0) is 28.4. The van der Waals surface area contributed by atoms with Crippen LogP contribution in [0.15, 0.2) is 170 Å². The number of hydrogen-bond acceptors (Lipinski definition) is 1. The highest BCUT2D eigenvalue weighted by Gasteiger charge is 2.29. The number of rotatable bonds is 6. The van der Waals surface area contributed by atoms with E-state index >= 15 is 0 Å². The Morgan fingerprint density at radius 2 is 0.881 bits per heavy atom. The molecule has 0 amide bonds. The highest BCUT2D eigenvalue weighted by Crippen LogP contribution is 2.42. The lowest BCUT2D eigenvalue weighted by Gasteiger charge is -2.20. The Bertz CT molecular complexity index is 2030. The summed E-state index contributed by atoms with van der Waals surface area (Å²) in [4.78, 5) is 0. The third-order valence-electron chi connectivity index (χ3n) is 7.97. The molecule has 0 fully saturated rings. The molecule has 0 spiro atoms. The SMILES string of the molecule is O=P(c1ccccc1)(c1ccccc1)c1ccc(/C(=C/c2cc3ccccc3c3ccccc23)c2ccccc2)cc1. The summed E-state index contributed by atoms with van der Waals surface area (Å²) in [6.07, 6.45) is 2.30. The molecular formula is C40H29OP. The monoisotopic (exact) mass is 556 g/mol. The molecule has 7 aromatic carbocycles. The first-order chi connectivity index (χ1) is 20.7. The molecule has 0 unspecified atom stereocenters. The largest absolute Gasteiger partial charge is 0.309 e. The summed E-state index contributed by atoms with van der Waals surface area (Å²) in [5.74, 6) is 0. The normalized spacial score (nSPS) is 12.0. The van der Waals surface area contributed by atoms with E-state index in [2.05, 4.69) is 97.1 Å². The molecule has 200 valence electrons. The minimum absolute atomic E-state index is 0.826. The van der Waals surface area contributed by atoms with Gasteiger partial charge in [-0.1, -0.05) is 164 Å². The van der Waals surface area contributed by atoms with Gasteiger partial charge >= 0.3 is 0 Å². The van der Waals surface area contributed by atoms with Gasteiger partial charge in [0.15, 0.2) is 7.14 Å². The quantitative estimate of drug-likeness (QED) is 0.113. The maximum absolute atomic E-state index is 14.9. The smallest absolute Gasteiger partial charge is 0.171 e. The molecule has 0 aliphatic carbocycles. The van der Waals surface area contributed by atoms with Crippen LogP contribution in [0.1, 0.15) is 16.7 Å². The van der Waals surface area contributed by atoms with Crippen molar-refractivity contribution in [1.82, 2.24) is 0 Å². The van der Waals surface area contributed by atoms with Crippen LogP contribution in [-0.4, -0.2) is 0 Å². The summed E-state index contributed by atoms with van der Waals surface area (Å²) in [5, 5.41) is 7.45. The minimum Gasteiger partial charge on any atom is -0.309 e. The van der Waals surface area contributed by atoms with Gasteiger partial charge in [-0.2, -0.15) is 0 Å². The predicted molar refractivity (Wildman–Crippen MR) is 181 cm³/mol. The Kier molecular flexibility index (Phi) is 6.88. The van der Waals surface area contributed by atoms with Crippen LogP contribution in [-0.2, 0) is 4.57 Å². The van der Waals surface area contributed by atoms with E-state index in [1.165, 1.54) is 27.1 Å². The van der Waals surface area contributed by atoms with Crippen LogP contribution < -0.4 is 15.9 Å². The molecule has 1 nitrogen and oxygen atoms in total. The second-order valence-electron chi connectivity index (χ2n) is 10.5. The summed E-state index contributed by atoms with van der Waals surface area (Å²) in [6, 6.07) is 58.0. The Morgan fingerprint density at radius 3 is 1.50 bits per heavy atom. The molecule has 0 aliphatic rings. The molecule has 0 radical (unpaired) electrons. The van der Waals surface area contributed by atoms with Crippen molar-refractivity contribution < 1.29 is 4.57 Å². The van der Waals surface area contributed by atoms with Gasteiger partial charge in [0.2, 0.25) is 0 Å². The topological polar surface area (TPSA) is 17.1 Å². The van der Waals surface area contributed by atoms with E-state index in [-0.39, 0.29) is 0 Å². The van der Waals surface area contributed by atoms with Gasteiger partial charge < -0.3 is 4.57 Å². The van der Waals surface area contributed by atoms with E-state index in [9.17, 15) is 4.57 Å². The first kappa shape index (κ1) is 26.0. The molecule has 0 aliphatic heterocycles. The second-order valence-corrected chi connectivity index (χ2v) is 13.3. The third kappa shape index (κ3) is 4.69. The van der Waals surface area contributed by atoms with Gasteiger partial charge in [-0.15, -0.1) is 0 Å². The minimum atomic E-state index is -3.04. The number of fused-ring (bicyclic) bond motifs is 3. The van der Waals surface area contributed by atoms with Crippen molar-refractivity contribution in [3.05, 3.63) is 187 Å². The highest BCUT2D eigenvalue weighted by molar-refractivity contribution is 7.85. The van der Waals surface area contributed by atoms with Crippen molar-refractivity contribution >= 4 is 56.2 Å². The maximum atomic E-state index is 14.9. The summed E-state index contributed by atoms with van der Waals surface area (Å²) >= 11 is 0. The van der Waals surface area contributed by atoms with E-state index in [4.69, 9.17) is 0 Å². The fourth-order valence-electron chi connectivity index (χ4n) is 5.88. The maximum Gasteiger partial charge on any atom is 0.171 e. The Balaban J connectivity index is 1.41. The van der Waals surface area contributed by atoms with Gasteiger partial charge in [-0.3, -0.25) is 0 Å². The van der Waals surface area contributed by atoms with Crippen molar-refractivity contribution in [3.8, 4) is 0 Å². The molecule has 42 heavy (non-hydrogen) atoms. The Morgan fingerprint density at radius 1 is 0.429 bits per heavy atom. The molecule has 2 heteroatoms. The summed E-state index contributed by atoms with van der Waals surface area (Å²) in [5.41, 5.74) is 4.51. The Hall–Kier alpha value is -4.97. The van der Waals surface area contributed by atoms with Crippen molar-refractivity contribution in [2.75, 3.05) is 0 Å². The van der Waals surface area contributed by atoms with Crippen molar-refractivity contribution in [2.45, 2.75) is 0 Å².